The van der Waals surface area contributed by atoms with Crippen molar-refractivity contribution in [2.24, 2.45) is 5.41 Å². The summed E-state index contributed by atoms with van der Waals surface area (Å²) in [6.07, 6.45) is 0.550. The Hall–Kier alpha value is -1.62. The van der Waals surface area contributed by atoms with Crippen LogP contribution in [0, 0.1) is 5.41 Å². The zero-order valence-corrected chi connectivity index (χ0v) is 13.0. The van der Waals surface area contributed by atoms with Crippen LogP contribution >= 0.6 is 11.3 Å². The second-order valence-corrected chi connectivity index (χ2v) is 7.03. The lowest BCUT2D eigenvalue weighted by Crippen LogP contribution is -2.31. The van der Waals surface area contributed by atoms with Gasteiger partial charge in [-0.05, 0) is 17.5 Å². The second-order valence-electron chi connectivity index (χ2n) is 6.00. The second kappa shape index (κ2) is 6.22. The lowest BCUT2D eigenvalue weighted by Gasteiger charge is -2.17. The fourth-order valence-electron chi connectivity index (χ4n) is 1.86. The van der Waals surface area contributed by atoms with E-state index in [0.29, 0.717) is 19.5 Å². The van der Waals surface area contributed by atoms with E-state index < -0.39 is 0 Å². The zero-order valence-electron chi connectivity index (χ0n) is 12.2. The maximum Gasteiger partial charge on any atom is 0.220 e. The Labute approximate surface area is 123 Å². The fourth-order valence-corrected chi connectivity index (χ4v) is 2.75. The van der Waals surface area contributed by atoms with Crippen LogP contribution in [0.15, 0.2) is 24.3 Å². The van der Waals surface area contributed by atoms with Crippen LogP contribution in [0.3, 0.4) is 0 Å². The van der Waals surface area contributed by atoms with Crippen LogP contribution in [0.25, 0.3) is 10.2 Å². The average Bonchev–Trinajstić information content (AvgIpc) is 2.75. The van der Waals surface area contributed by atoms with Gasteiger partial charge in [0.1, 0.15) is 0 Å². The Balaban J connectivity index is 1.74. The molecule has 2 aromatic rings. The largest absolute Gasteiger partial charge is 0.360 e. The minimum Gasteiger partial charge on any atom is -0.360 e. The SMILES string of the molecule is CC(C)(C)CC(=O)NCCNc1nc2ccccc2s1. The van der Waals surface area contributed by atoms with E-state index in [4.69, 9.17) is 0 Å². The highest BCUT2D eigenvalue weighted by Gasteiger charge is 2.15. The van der Waals surface area contributed by atoms with Crippen molar-refractivity contribution < 1.29 is 4.79 Å². The summed E-state index contributed by atoms with van der Waals surface area (Å²) in [5.41, 5.74) is 1.04. The van der Waals surface area contributed by atoms with Crippen molar-refractivity contribution in [2.75, 3.05) is 18.4 Å². The number of carbonyl (C=O) groups is 1. The summed E-state index contributed by atoms with van der Waals surface area (Å²) in [6.45, 7) is 7.49. The Morgan fingerprint density at radius 3 is 2.70 bits per heavy atom. The molecule has 0 aliphatic rings. The molecule has 20 heavy (non-hydrogen) atoms. The first-order chi connectivity index (χ1) is 9.44. The highest BCUT2D eigenvalue weighted by molar-refractivity contribution is 7.22. The number of anilines is 1. The van der Waals surface area contributed by atoms with Crippen molar-refractivity contribution in [2.45, 2.75) is 27.2 Å². The summed E-state index contributed by atoms with van der Waals surface area (Å²) in [7, 11) is 0. The summed E-state index contributed by atoms with van der Waals surface area (Å²) in [5, 5.41) is 7.06. The normalized spacial score (nSPS) is 11.6. The maximum absolute atomic E-state index is 11.7. The number of rotatable bonds is 5. The summed E-state index contributed by atoms with van der Waals surface area (Å²) >= 11 is 1.63. The predicted octanol–water partition coefficient (Wildman–Crippen LogP) is 3.26. The van der Waals surface area contributed by atoms with Gasteiger partial charge in [0.05, 0.1) is 10.2 Å². The summed E-state index contributed by atoms with van der Waals surface area (Å²) < 4.78 is 1.17. The van der Waals surface area contributed by atoms with E-state index in [0.717, 1.165) is 10.6 Å². The molecule has 4 nitrogen and oxygen atoms in total. The lowest BCUT2D eigenvalue weighted by atomic mass is 9.92. The number of hydrogen-bond acceptors (Lipinski definition) is 4. The number of hydrogen-bond donors (Lipinski definition) is 2. The van der Waals surface area contributed by atoms with E-state index >= 15 is 0 Å². The number of aromatic nitrogens is 1. The van der Waals surface area contributed by atoms with Gasteiger partial charge >= 0.3 is 0 Å². The number of benzene rings is 1. The molecule has 2 rings (SSSR count). The van der Waals surface area contributed by atoms with Crippen LogP contribution in [0.1, 0.15) is 27.2 Å². The highest BCUT2D eigenvalue weighted by atomic mass is 32.1. The van der Waals surface area contributed by atoms with E-state index in [2.05, 4.69) is 42.5 Å². The molecule has 0 radical (unpaired) electrons. The van der Waals surface area contributed by atoms with Crippen LogP contribution in [0.2, 0.25) is 0 Å². The first-order valence-electron chi connectivity index (χ1n) is 6.80. The smallest absolute Gasteiger partial charge is 0.220 e. The molecule has 0 saturated carbocycles. The van der Waals surface area contributed by atoms with Gasteiger partial charge in [-0.3, -0.25) is 4.79 Å². The molecule has 0 bridgehead atoms. The van der Waals surface area contributed by atoms with Gasteiger partial charge < -0.3 is 10.6 Å². The molecule has 5 heteroatoms. The van der Waals surface area contributed by atoms with E-state index in [1.165, 1.54) is 4.70 Å². The molecule has 0 saturated heterocycles. The lowest BCUT2D eigenvalue weighted by molar-refractivity contribution is -0.122. The van der Waals surface area contributed by atoms with Crippen molar-refractivity contribution >= 4 is 32.6 Å². The van der Waals surface area contributed by atoms with E-state index in [9.17, 15) is 4.79 Å². The number of thiazole rings is 1. The number of fused-ring (bicyclic) bond motifs is 1. The fraction of sp³-hybridized carbons (Fsp3) is 0.467. The van der Waals surface area contributed by atoms with Crippen LogP contribution in [0.4, 0.5) is 5.13 Å². The molecular formula is C15H21N3OS. The Bertz CT molecular complexity index is 553. The molecule has 1 aromatic heterocycles. The molecule has 0 spiro atoms. The third-order valence-electron chi connectivity index (χ3n) is 2.71. The van der Waals surface area contributed by atoms with Gasteiger partial charge in [-0.2, -0.15) is 0 Å². The standard InChI is InChI=1S/C15H21N3OS/c1-15(2,3)10-13(19)16-8-9-17-14-18-11-6-4-5-7-12(11)20-14/h4-7H,8-10H2,1-3H3,(H,16,19)(H,17,18). The van der Waals surface area contributed by atoms with Gasteiger partial charge in [0.15, 0.2) is 5.13 Å². The molecule has 0 fully saturated rings. The summed E-state index contributed by atoms with van der Waals surface area (Å²) in [6, 6.07) is 8.06. The molecule has 1 heterocycles. The first-order valence-corrected chi connectivity index (χ1v) is 7.62. The van der Waals surface area contributed by atoms with Crippen molar-refractivity contribution in [3.63, 3.8) is 0 Å². The third-order valence-corrected chi connectivity index (χ3v) is 3.70. The van der Waals surface area contributed by atoms with Crippen molar-refractivity contribution in [1.29, 1.82) is 0 Å². The van der Waals surface area contributed by atoms with E-state index in [-0.39, 0.29) is 11.3 Å². The maximum atomic E-state index is 11.7. The van der Waals surface area contributed by atoms with Gasteiger partial charge in [0.25, 0.3) is 0 Å². The Kier molecular flexibility index (Phi) is 4.60. The van der Waals surface area contributed by atoms with Crippen LogP contribution < -0.4 is 10.6 Å². The van der Waals surface area contributed by atoms with Gasteiger partial charge in [0, 0.05) is 19.5 Å². The van der Waals surface area contributed by atoms with Gasteiger partial charge in [0.2, 0.25) is 5.91 Å². The predicted molar refractivity (Wildman–Crippen MR) is 85.2 cm³/mol. The van der Waals surface area contributed by atoms with Crippen LogP contribution in [0.5, 0.6) is 0 Å². The van der Waals surface area contributed by atoms with Crippen molar-refractivity contribution in [3.8, 4) is 0 Å². The minimum absolute atomic E-state index is 0.0323. The highest BCUT2D eigenvalue weighted by Crippen LogP contribution is 2.24. The van der Waals surface area contributed by atoms with Crippen LogP contribution in [-0.4, -0.2) is 24.0 Å². The Morgan fingerprint density at radius 2 is 2.00 bits per heavy atom. The third kappa shape index (κ3) is 4.49. The first kappa shape index (κ1) is 14.8. The molecule has 2 N–H and O–H groups in total. The molecule has 0 atom stereocenters. The number of nitrogens with one attached hydrogen (secondary N) is 2. The number of para-hydroxylation sites is 1. The Morgan fingerprint density at radius 1 is 1.25 bits per heavy atom. The van der Waals surface area contributed by atoms with Crippen molar-refractivity contribution in [1.82, 2.24) is 10.3 Å². The van der Waals surface area contributed by atoms with E-state index in [1.807, 2.05) is 18.2 Å². The molecule has 0 aliphatic carbocycles. The monoisotopic (exact) mass is 291 g/mol. The van der Waals surface area contributed by atoms with Crippen LogP contribution in [-0.2, 0) is 4.79 Å². The molecular weight excluding hydrogens is 270 g/mol. The summed E-state index contributed by atoms with van der Waals surface area (Å²) in [5.74, 6) is 0.101. The number of amides is 1. The van der Waals surface area contributed by atoms with Gasteiger partial charge in [-0.25, -0.2) is 4.98 Å². The molecule has 108 valence electrons. The van der Waals surface area contributed by atoms with Gasteiger partial charge in [-0.15, -0.1) is 0 Å². The van der Waals surface area contributed by atoms with E-state index in [1.54, 1.807) is 11.3 Å². The average molecular weight is 291 g/mol. The quantitative estimate of drug-likeness (QED) is 0.831. The molecule has 0 aliphatic heterocycles. The topological polar surface area (TPSA) is 54.0 Å². The zero-order chi connectivity index (χ0) is 14.6. The minimum atomic E-state index is 0.0323. The number of nitrogens with zero attached hydrogens (tertiary/aromatic N) is 1. The molecule has 1 amide bonds. The number of carbonyl (C=O) groups excluding carboxylic acids is 1. The molecule has 0 unspecified atom stereocenters. The summed E-state index contributed by atoms with van der Waals surface area (Å²) in [4.78, 5) is 16.1. The molecule has 1 aromatic carbocycles. The van der Waals surface area contributed by atoms with Crippen molar-refractivity contribution in [3.05, 3.63) is 24.3 Å². The van der Waals surface area contributed by atoms with Gasteiger partial charge in [-0.1, -0.05) is 44.2 Å².